The van der Waals surface area contributed by atoms with Crippen LogP contribution < -0.4 is 0 Å². The van der Waals surface area contributed by atoms with Crippen LogP contribution in [0.3, 0.4) is 0 Å². The van der Waals surface area contributed by atoms with Crippen molar-refractivity contribution < 1.29 is 0 Å². The van der Waals surface area contributed by atoms with Crippen LogP contribution in [0, 0.1) is 0 Å². The Morgan fingerprint density at radius 2 is 0.961 bits per heavy atom. The smallest absolute Gasteiger partial charge is 0.160 e. The van der Waals surface area contributed by atoms with Gasteiger partial charge in [-0.25, -0.2) is 9.97 Å². The third kappa shape index (κ3) is 5.14. The van der Waals surface area contributed by atoms with Crippen molar-refractivity contribution in [1.29, 1.82) is 0 Å². The van der Waals surface area contributed by atoms with Crippen molar-refractivity contribution in [2.45, 2.75) is 13.8 Å². The molecule has 242 valence electrons. The van der Waals surface area contributed by atoms with E-state index in [-0.39, 0.29) is 0 Å². The minimum Gasteiger partial charge on any atom is -0.309 e. The lowest BCUT2D eigenvalue weighted by molar-refractivity contribution is 1.19. The fourth-order valence-electron chi connectivity index (χ4n) is 7.44. The molecule has 0 amide bonds. The minimum absolute atomic E-state index is 0.725. The lowest BCUT2D eigenvalue weighted by Gasteiger charge is -2.17. The van der Waals surface area contributed by atoms with Crippen molar-refractivity contribution in [1.82, 2.24) is 14.5 Å². The maximum atomic E-state index is 5.25. The highest BCUT2D eigenvalue weighted by Gasteiger charge is 2.20. The maximum Gasteiger partial charge on any atom is 0.160 e. The first-order chi connectivity index (χ1) is 25.3. The Bertz CT molecular complexity index is 2870. The molecule has 10 aromatic rings. The van der Waals surface area contributed by atoms with Crippen LogP contribution in [0.25, 0.3) is 93.7 Å². The van der Waals surface area contributed by atoms with Crippen LogP contribution in [0.5, 0.6) is 0 Å². The standard InChI is InChI=1S/C46H29N3.C2H6/c1-3-14-31(15-4-1)44-40-29-43(36-19-9-10-21-38(36)45(40)48-46(47-44)32-16-5-2-6-17-32)49-41-22-12-11-20-37(41)39-28-35(25-26-42(39)49)34-24-23-30-13-7-8-18-33(30)27-34;1-2/h1-29H;1-2H3. The predicted octanol–water partition coefficient (Wildman–Crippen LogP) is 13.1. The number of rotatable bonds is 4. The molecular weight excluding hydrogens is 619 g/mol. The van der Waals surface area contributed by atoms with E-state index in [4.69, 9.17) is 9.97 Å². The van der Waals surface area contributed by atoms with Gasteiger partial charge < -0.3 is 4.57 Å². The van der Waals surface area contributed by atoms with Gasteiger partial charge in [0, 0.05) is 38.1 Å². The second-order valence-electron chi connectivity index (χ2n) is 12.6. The van der Waals surface area contributed by atoms with Crippen molar-refractivity contribution >= 4 is 54.3 Å². The van der Waals surface area contributed by atoms with E-state index in [0.29, 0.717) is 0 Å². The summed E-state index contributed by atoms with van der Waals surface area (Å²) in [6.45, 7) is 4.00. The SMILES string of the molecule is CC.c1ccc(-c2nc(-c3ccccc3)c3cc(-n4c5ccccc5c5cc(-c6ccc7ccccc7c6)ccc54)c4ccccc4c3n2)cc1. The summed E-state index contributed by atoms with van der Waals surface area (Å²) in [5, 5.41) is 8.23. The molecule has 2 aromatic heterocycles. The number of hydrogen-bond donors (Lipinski definition) is 0. The number of benzene rings is 8. The molecule has 0 aliphatic rings. The van der Waals surface area contributed by atoms with E-state index in [1.807, 2.05) is 32.0 Å². The molecule has 0 aliphatic carbocycles. The van der Waals surface area contributed by atoms with Crippen LogP contribution in [-0.4, -0.2) is 14.5 Å². The Morgan fingerprint density at radius 3 is 1.75 bits per heavy atom. The van der Waals surface area contributed by atoms with Crippen LogP contribution in [0.4, 0.5) is 0 Å². The molecule has 0 fully saturated rings. The molecule has 0 saturated carbocycles. The summed E-state index contributed by atoms with van der Waals surface area (Å²) in [4.78, 5) is 10.5. The Kier molecular flexibility index (Phi) is 7.59. The summed E-state index contributed by atoms with van der Waals surface area (Å²) in [7, 11) is 0. The zero-order chi connectivity index (χ0) is 34.3. The largest absolute Gasteiger partial charge is 0.309 e. The van der Waals surface area contributed by atoms with Gasteiger partial charge in [-0.15, -0.1) is 0 Å². The topological polar surface area (TPSA) is 30.7 Å². The van der Waals surface area contributed by atoms with Gasteiger partial charge >= 0.3 is 0 Å². The molecule has 0 aliphatic heterocycles. The fraction of sp³-hybridized carbons (Fsp3) is 0.0417. The van der Waals surface area contributed by atoms with Crippen molar-refractivity contribution in [3.63, 3.8) is 0 Å². The fourth-order valence-corrected chi connectivity index (χ4v) is 7.44. The van der Waals surface area contributed by atoms with Crippen molar-refractivity contribution in [2.24, 2.45) is 0 Å². The summed E-state index contributed by atoms with van der Waals surface area (Å²) in [5.74, 6) is 0.725. The predicted molar refractivity (Wildman–Crippen MR) is 217 cm³/mol. The lowest BCUT2D eigenvalue weighted by atomic mass is 9.99. The summed E-state index contributed by atoms with van der Waals surface area (Å²) < 4.78 is 2.43. The molecule has 3 heteroatoms. The van der Waals surface area contributed by atoms with E-state index >= 15 is 0 Å². The van der Waals surface area contributed by atoms with Gasteiger partial charge in [-0.3, -0.25) is 0 Å². The van der Waals surface area contributed by atoms with E-state index in [9.17, 15) is 0 Å². The van der Waals surface area contributed by atoms with Crippen LogP contribution in [0.2, 0.25) is 0 Å². The van der Waals surface area contributed by atoms with Crippen molar-refractivity contribution in [2.75, 3.05) is 0 Å². The zero-order valence-corrected chi connectivity index (χ0v) is 28.6. The molecule has 0 saturated heterocycles. The maximum absolute atomic E-state index is 5.25. The molecule has 0 radical (unpaired) electrons. The van der Waals surface area contributed by atoms with Gasteiger partial charge in [-0.2, -0.15) is 0 Å². The average molecular weight is 654 g/mol. The Hall–Kier alpha value is -6.58. The van der Waals surface area contributed by atoms with E-state index in [1.54, 1.807) is 0 Å². The average Bonchev–Trinajstić information content (AvgIpc) is 3.55. The first-order valence-corrected chi connectivity index (χ1v) is 17.7. The Morgan fingerprint density at radius 1 is 0.373 bits per heavy atom. The number of aromatic nitrogens is 3. The van der Waals surface area contributed by atoms with E-state index in [2.05, 4.69) is 162 Å². The number of fused-ring (bicyclic) bond motifs is 7. The molecule has 0 N–H and O–H groups in total. The van der Waals surface area contributed by atoms with Gasteiger partial charge in [0.1, 0.15) is 0 Å². The highest BCUT2D eigenvalue weighted by atomic mass is 15.0. The summed E-state index contributed by atoms with van der Waals surface area (Å²) in [5.41, 5.74) is 9.81. The second-order valence-corrected chi connectivity index (χ2v) is 12.6. The van der Waals surface area contributed by atoms with Crippen LogP contribution in [-0.2, 0) is 0 Å². The number of hydrogen-bond acceptors (Lipinski definition) is 2. The molecule has 10 rings (SSSR count). The highest BCUT2D eigenvalue weighted by molar-refractivity contribution is 6.16. The second kappa shape index (κ2) is 12.7. The highest BCUT2D eigenvalue weighted by Crippen LogP contribution is 2.41. The van der Waals surface area contributed by atoms with Crippen molar-refractivity contribution in [3.05, 3.63) is 176 Å². The van der Waals surface area contributed by atoms with E-state index in [1.165, 1.54) is 43.7 Å². The van der Waals surface area contributed by atoms with E-state index < -0.39 is 0 Å². The van der Waals surface area contributed by atoms with Crippen LogP contribution in [0.1, 0.15) is 13.8 Å². The van der Waals surface area contributed by atoms with Gasteiger partial charge in [-0.05, 0) is 52.2 Å². The normalized spacial score (nSPS) is 11.3. The molecule has 0 spiro atoms. The third-order valence-electron chi connectivity index (χ3n) is 9.76. The van der Waals surface area contributed by atoms with Gasteiger partial charge in [-0.1, -0.05) is 159 Å². The summed E-state index contributed by atoms with van der Waals surface area (Å²) >= 11 is 0. The van der Waals surface area contributed by atoms with Gasteiger partial charge in [0.15, 0.2) is 5.82 Å². The molecule has 0 unspecified atom stereocenters. The van der Waals surface area contributed by atoms with E-state index in [0.717, 1.165) is 50.0 Å². The summed E-state index contributed by atoms with van der Waals surface area (Å²) in [6, 6.07) is 62.7. The quantitative estimate of drug-likeness (QED) is 0.177. The van der Waals surface area contributed by atoms with Gasteiger partial charge in [0.2, 0.25) is 0 Å². The van der Waals surface area contributed by atoms with Gasteiger partial charge in [0.05, 0.1) is 27.9 Å². The molecule has 0 bridgehead atoms. The number of para-hydroxylation sites is 1. The Labute approximate surface area is 297 Å². The number of nitrogens with zero attached hydrogens (tertiary/aromatic N) is 3. The van der Waals surface area contributed by atoms with Crippen molar-refractivity contribution in [3.8, 4) is 39.5 Å². The summed E-state index contributed by atoms with van der Waals surface area (Å²) in [6.07, 6.45) is 0. The molecule has 3 nitrogen and oxygen atoms in total. The first kappa shape index (κ1) is 30.5. The van der Waals surface area contributed by atoms with Gasteiger partial charge in [0.25, 0.3) is 0 Å². The Balaban J connectivity index is 0.00000171. The molecule has 0 atom stereocenters. The third-order valence-corrected chi connectivity index (χ3v) is 9.76. The molecule has 8 aromatic carbocycles. The zero-order valence-electron chi connectivity index (χ0n) is 28.6. The molecular formula is C48H35N3. The molecule has 51 heavy (non-hydrogen) atoms. The monoisotopic (exact) mass is 653 g/mol. The van der Waals surface area contributed by atoms with Crippen LogP contribution >= 0.6 is 0 Å². The van der Waals surface area contributed by atoms with Crippen LogP contribution in [0.15, 0.2) is 176 Å². The first-order valence-electron chi connectivity index (χ1n) is 17.7. The minimum atomic E-state index is 0.725. The molecule has 2 heterocycles. The lowest BCUT2D eigenvalue weighted by Crippen LogP contribution is -2.00.